The molecule has 0 saturated carbocycles. The Bertz CT molecular complexity index is 373. The fraction of sp³-hybridized carbons (Fsp3) is 0.400. The first-order valence-electron chi connectivity index (χ1n) is 4.46. The van der Waals surface area contributed by atoms with Crippen molar-refractivity contribution in [2.75, 3.05) is 27.2 Å². The molecule has 1 heterocycles. The Labute approximate surface area is 97.6 Å². The molecule has 0 atom stereocenters. The largest absolute Gasteiger partial charge is 0.475 e. The molecule has 80 valence electrons. The van der Waals surface area contributed by atoms with Crippen LogP contribution in [-0.2, 0) is 0 Å². The summed E-state index contributed by atoms with van der Waals surface area (Å²) in [7, 11) is 3.92. The van der Waals surface area contributed by atoms with E-state index in [-0.39, 0.29) is 0 Å². The standard InChI is InChI=1S/C10H12BrN3O/c1-14(2)3-4-15-10-8(6-12)5-9(11)7-13-10/h5,7H,3-4H2,1-2H3. The molecule has 15 heavy (non-hydrogen) atoms. The second kappa shape index (κ2) is 5.69. The lowest BCUT2D eigenvalue weighted by Crippen LogP contribution is -2.19. The molecule has 0 fully saturated rings. The summed E-state index contributed by atoms with van der Waals surface area (Å²) in [5.41, 5.74) is 0.447. The quantitative estimate of drug-likeness (QED) is 0.834. The Hall–Kier alpha value is -1.12. The van der Waals surface area contributed by atoms with Crippen LogP contribution in [0.2, 0.25) is 0 Å². The number of halogens is 1. The number of pyridine rings is 1. The highest BCUT2D eigenvalue weighted by atomic mass is 79.9. The van der Waals surface area contributed by atoms with Crippen LogP contribution in [0.25, 0.3) is 0 Å². The fourth-order valence-electron chi connectivity index (χ4n) is 0.947. The van der Waals surface area contributed by atoms with Crippen molar-refractivity contribution in [3.63, 3.8) is 0 Å². The van der Waals surface area contributed by atoms with Crippen molar-refractivity contribution < 1.29 is 4.74 Å². The third-order valence-corrected chi connectivity index (χ3v) is 2.15. The van der Waals surface area contributed by atoms with Gasteiger partial charge in [0, 0.05) is 17.2 Å². The molecular weight excluding hydrogens is 258 g/mol. The van der Waals surface area contributed by atoms with E-state index in [1.165, 1.54) is 0 Å². The summed E-state index contributed by atoms with van der Waals surface area (Å²) >= 11 is 3.25. The van der Waals surface area contributed by atoms with Gasteiger partial charge in [0.15, 0.2) is 0 Å². The molecular formula is C10H12BrN3O. The number of nitriles is 1. The first-order valence-corrected chi connectivity index (χ1v) is 5.26. The molecule has 1 aromatic heterocycles. The maximum atomic E-state index is 8.85. The minimum Gasteiger partial charge on any atom is -0.475 e. The van der Waals surface area contributed by atoms with Crippen LogP contribution in [0.3, 0.4) is 0 Å². The van der Waals surface area contributed by atoms with Gasteiger partial charge in [-0.3, -0.25) is 0 Å². The van der Waals surface area contributed by atoms with Crippen LogP contribution in [0.4, 0.5) is 0 Å². The van der Waals surface area contributed by atoms with Crippen molar-refractivity contribution in [2.45, 2.75) is 0 Å². The minimum atomic E-state index is 0.391. The van der Waals surface area contributed by atoms with Gasteiger partial charge in [-0.15, -0.1) is 0 Å². The van der Waals surface area contributed by atoms with Gasteiger partial charge in [0.2, 0.25) is 5.88 Å². The highest BCUT2D eigenvalue weighted by molar-refractivity contribution is 9.10. The minimum absolute atomic E-state index is 0.391. The summed E-state index contributed by atoms with van der Waals surface area (Å²) in [5.74, 6) is 0.391. The van der Waals surface area contributed by atoms with Crippen LogP contribution in [0.5, 0.6) is 5.88 Å². The van der Waals surface area contributed by atoms with Crippen LogP contribution in [-0.4, -0.2) is 37.1 Å². The van der Waals surface area contributed by atoms with Gasteiger partial charge in [-0.25, -0.2) is 4.98 Å². The number of rotatable bonds is 4. The topological polar surface area (TPSA) is 49.1 Å². The Kier molecular flexibility index (Phi) is 4.53. The lowest BCUT2D eigenvalue weighted by molar-refractivity contribution is 0.253. The SMILES string of the molecule is CN(C)CCOc1ncc(Br)cc1C#N. The van der Waals surface area contributed by atoms with Crippen molar-refractivity contribution in [3.05, 3.63) is 22.3 Å². The zero-order valence-electron chi connectivity index (χ0n) is 8.70. The van der Waals surface area contributed by atoms with E-state index in [9.17, 15) is 0 Å². The van der Waals surface area contributed by atoms with E-state index in [1.54, 1.807) is 12.3 Å². The Morgan fingerprint density at radius 3 is 2.93 bits per heavy atom. The maximum absolute atomic E-state index is 8.85. The summed E-state index contributed by atoms with van der Waals surface area (Å²) in [6, 6.07) is 3.74. The Morgan fingerprint density at radius 2 is 2.33 bits per heavy atom. The van der Waals surface area contributed by atoms with E-state index in [0.717, 1.165) is 11.0 Å². The molecule has 0 N–H and O–H groups in total. The van der Waals surface area contributed by atoms with Crippen molar-refractivity contribution in [1.82, 2.24) is 9.88 Å². The second-order valence-corrected chi connectivity index (χ2v) is 4.19. The molecule has 4 nitrogen and oxygen atoms in total. The summed E-state index contributed by atoms with van der Waals surface area (Å²) in [6.07, 6.45) is 1.62. The number of hydrogen-bond donors (Lipinski definition) is 0. The van der Waals surface area contributed by atoms with Crippen molar-refractivity contribution in [1.29, 1.82) is 5.26 Å². The molecule has 0 bridgehead atoms. The maximum Gasteiger partial charge on any atom is 0.231 e. The molecule has 1 rings (SSSR count). The summed E-state index contributed by atoms with van der Waals surface area (Å²) in [5, 5.41) is 8.85. The van der Waals surface area contributed by atoms with E-state index in [4.69, 9.17) is 10.00 Å². The summed E-state index contributed by atoms with van der Waals surface area (Å²) in [4.78, 5) is 6.04. The number of ether oxygens (including phenoxy) is 1. The first kappa shape index (κ1) is 12.0. The third kappa shape index (κ3) is 3.86. The molecule has 0 aromatic carbocycles. The van der Waals surface area contributed by atoms with E-state index in [2.05, 4.69) is 20.9 Å². The number of aromatic nitrogens is 1. The van der Waals surface area contributed by atoms with Crippen LogP contribution in [0.15, 0.2) is 16.7 Å². The van der Waals surface area contributed by atoms with Gasteiger partial charge in [-0.2, -0.15) is 5.26 Å². The molecule has 0 aliphatic rings. The van der Waals surface area contributed by atoms with Crippen LogP contribution >= 0.6 is 15.9 Å². The van der Waals surface area contributed by atoms with Crippen molar-refractivity contribution >= 4 is 15.9 Å². The lowest BCUT2D eigenvalue weighted by atomic mass is 10.3. The van der Waals surface area contributed by atoms with Gasteiger partial charge in [0.25, 0.3) is 0 Å². The highest BCUT2D eigenvalue weighted by Gasteiger charge is 2.05. The predicted octanol–water partition coefficient (Wildman–Crippen LogP) is 1.66. The summed E-state index contributed by atoms with van der Waals surface area (Å²) in [6.45, 7) is 1.32. The van der Waals surface area contributed by atoms with E-state index >= 15 is 0 Å². The van der Waals surface area contributed by atoms with Crippen molar-refractivity contribution in [2.24, 2.45) is 0 Å². The number of likely N-dealkylation sites (N-methyl/N-ethyl adjacent to an activating group) is 1. The van der Waals surface area contributed by atoms with Gasteiger partial charge in [0.1, 0.15) is 18.2 Å². The average Bonchev–Trinajstić information content (AvgIpc) is 2.19. The number of nitrogens with zero attached hydrogens (tertiary/aromatic N) is 3. The van der Waals surface area contributed by atoms with Gasteiger partial charge < -0.3 is 9.64 Å². The molecule has 5 heteroatoms. The van der Waals surface area contributed by atoms with Crippen LogP contribution < -0.4 is 4.74 Å². The molecule has 0 aliphatic carbocycles. The third-order valence-electron chi connectivity index (χ3n) is 1.72. The fourth-order valence-corrected chi connectivity index (χ4v) is 1.28. The van der Waals surface area contributed by atoms with Gasteiger partial charge in [0.05, 0.1) is 0 Å². The number of hydrogen-bond acceptors (Lipinski definition) is 4. The van der Waals surface area contributed by atoms with E-state index < -0.39 is 0 Å². The zero-order valence-corrected chi connectivity index (χ0v) is 10.3. The van der Waals surface area contributed by atoms with Gasteiger partial charge in [-0.1, -0.05) is 0 Å². The monoisotopic (exact) mass is 269 g/mol. The molecule has 0 amide bonds. The van der Waals surface area contributed by atoms with E-state index in [1.807, 2.05) is 25.1 Å². The predicted molar refractivity (Wildman–Crippen MR) is 60.7 cm³/mol. The normalized spacial score (nSPS) is 10.1. The van der Waals surface area contributed by atoms with Crippen LogP contribution in [0.1, 0.15) is 5.56 Å². The Balaban J connectivity index is 2.65. The molecule has 1 aromatic rings. The average molecular weight is 270 g/mol. The van der Waals surface area contributed by atoms with Gasteiger partial charge in [-0.05, 0) is 36.1 Å². The smallest absolute Gasteiger partial charge is 0.231 e. The molecule has 0 radical (unpaired) electrons. The first-order chi connectivity index (χ1) is 7.13. The van der Waals surface area contributed by atoms with Gasteiger partial charge >= 0.3 is 0 Å². The Morgan fingerprint density at radius 1 is 1.60 bits per heavy atom. The molecule has 0 saturated heterocycles. The molecule has 0 unspecified atom stereocenters. The van der Waals surface area contributed by atoms with Crippen LogP contribution in [0, 0.1) is 11.3 Å². The molecule has 0 aliphatic heterocycles. The molecule has 0 spiro atoms. The summed E-state index contributed by atoms with van der Waals surface area (Å²) < 4.78 is 6.17. The second-order valence-electron chi connectivity index (χ2n) is 3.27. The highest BCUT2D eigenvalue weighted by Crippen LogP contribution is 2.18. The lowest BCUT2D eigenvalue weighted by Gasteiger charge is -2.10. The zero-order chi connectivity index (χ0) is 11.3. The van der Waals surface area contributed by atoms with E-state index in [0.29, 0.717) is 18.1 Å². The van der Waals surface area contributed by atoms with Crippen molar-refractivity contribution in [3.8, 4) is 11.9 Å².